The first-order chi connectivity index (χ1) is 11.6. The Labute approximate surface area is 141 Å². The summed E-state index contributed by atoms with van der Waals surface area (Å²) in [6.07, 6.45) is -0.849. The van der Waals surface area contributed by atoms with Crippen LogP contribution >= 0.6 is 0 Å². The molecule has 0 saturated carbocycles. The molecule has 0 saturated heterocycles. The van der Waals surface area contributed by atoms with Gasteiger partial charge in [-0.2, -0.15) is 0 Å². The summed E-state index contributed by atoms with van der Waals surface area (Å²) in [5.41, 5.74) is 0.500. The zero-order valence-electron chi connectivity index (χ0n) is 13.9. The van der Waals surface area contributed by atoms with Gasteiger partial charge in [-0.05, 0) is 31.2 Å². The van der Waals surface area contributed by atoms with Gasteiger partial charge in [-0.15, -0.1) is 0 Å². The summed E-state index contributed by atoms with van der Waals surface area (Å²) in [5.74, 6) is 1.85. The number of anilines is 1. The van der Waals surface area contributed by atoms with Crippen LogP contribution in [0.4, 0.5) is 10.5 Å². The molecular formula is C18H21NO5. The summed E-state index contributed by atoms with van der Waals surface area (Å²) < 4.78 is 21.1. The van der Waals surface area contributed by atoms with E-state index in [0.717, 1.165) is 5.75 Å². The van der Waals surface area contributed by atoms with Crippen molar-refractivity contribution in [3.63, 3.8) is 0 Å². The Morgan fingerprint density at radius 3 is 2.46 bits per heavy atom. The largest absolute Gasteiger partial charge is 0.497 e. The molecule has 0 aliphatic rings. The van der Waals surface area contributed by atoms with Crippen LogP contribution in [0, 0.1) is 0 Å². The Balaban J connectivity index is 1.85. The lowest BCUT2D eigenvalue weighted by atomic mass is 10.2. The minimum atomic E-state index is -0.582. The van der Waals surface area contributed by atoms with Gasteiger partial charge >= 0.3 is 6.09 Å². The summed E-state index contributed by atoms with van der Waals surface area (Å²) in [7, 11) is 3.07. The third-order valence-corrected chi connectivity index (χ3v) is 3.18. The highest BCUT2D eigenvalue weighted by atomic mass is 16.6. The van der Waals surface area contributed by atoms with Crippen LogP contribution < -0.4 is 19.5 Å². The number of hydrogen-bond donors (Lipinski definition) is 1. The highest BCUT2D eigenvalue weighted by Gasteiger charge is 2.12. The van der Waals surface area contributed by atoms with Gasteiger partial charge in [0.05, 0.1) is 19.9 Å². The quantitative estimate of drug-likeness (QED) is 0.837. The van der Waals surface area contributed by atoms with Crippen molar-refractivity contribution < 1.29 is 23.7 Å². The second-order valence-electron chi connectivity index (χ2n) is 5.03. The topological polar surface area (TPSA) is 66.0 Å². The molecule has 0 aromatic heterocycles. The number of rotatable bonds is 7. The van der Waals surface area contributed by atoms with Crippen molar-refractivity contribution in [1.29, 1.82) is 0 Å². The van der Waals surface area contributed by atoms with Gasteiger partial charge in [0.1, 0.15) is 30.0 Å². The lowest BCUT2D eigenvalue weighted by molar-refractivity contribution is 0.0991. The lowest BCUT2D eigenvalue weighted by Crippen LogP contribution is -2.24. The molecule has 0 spiro atoms. The smallest absolute Gasteiger partial charge is 0.411 e. The molecule has 0 radical (unpaired) electrons. The fourth-order valence-corrected chi connectivity index (χ4v) is 2.01. The van der Waals surface area contributed by atoms with E-state index in [1.807, 2.05) is 37.3 Å². The number of methoxy groups -OCH3 is 2. The van der Waals surface area contributed by atoms with E-state index >= 15 is 0 Å². The summed E-state index contributed by atoms with van der Waals surface area (Å²) in [4.78, 5) is 11.9. The van der Waals surface area contributed by atoms with Gasteiger partial charge in [-0.1, -0.05) is 18.2 Å². The molecule has 0 heterocycles. The zero-order valence-corrected chi connectivity index (χ0v) is 13.9. The monoisotopic (exact) mass is 331 g/mol. The number of benzene rings is 2. The number of ether oxygens (including phenoxy) is 4. The maximum Gasteiger partial charge on any atom is 0.411 e. The average Bonchev–Trinajstić information content (AvgIpc) is 2.61. The van der Waals surface area contributed by atoms with E-state index in [-0.39, 0.29) is 12.7 Å². The van der Waals surface area contributed by atoms with Gasteiger partial charge in [0, 0.05) is 6.07 Å². The molecule has 2 aromatic rings. The Morgan fingerprint density at radius 2 is 1.79 bits per heavy atom. The second-order valence-corrected chi connectivity index (χ2v) is 5.03. The van der Waals surface area contributed by atoms with E-state index in [4.69, 9.17) is 18.9 Å². The fourth-order valence-electron chi connectivity index (χ4n) is 2.01. The van der Waals surface area contributed by atoms with Crippen LogP contribution in [-0.4, -0.2) is 33.0 Å². The zero-order chi connectivity index (χ0) is 17.4. The van der Waals surface area contributed by atoms with Crippen molar-refractivity contribution in [1.82, 2.24) is 0 Å². The third-order valence-electron chi connectivity index (χ3n) is 3.18. The summed E-state index contributed by atoms with van der Waals surface area (Å²) in [6.45, 7) is 1.95. The molecule has 6 nitrogen and oxygen atoms in total. The maximum atomic E-state index is 11.9. The maximum absolute atomic E-state index is 11.9. The Kier molecular flexibility index (Phi) is 6.31. The Morgan fingerprint density at radius 1 is 1.04 bits per heavy atom. The van der Waals surface area contributed by atoms with E-state index < -0.39 is 6.09 Å². The van der Waals surface area contributed by atoms with Gasteiger partial charge in [0.25, 0.3) is 0 Å². The van der Waals surface area contributed by atoms with Gasteiger partial charge in [-0.3, -0.25) is 5.32 Å². The molecule has 0 aliphatic heterocycles. The highest BCUT2D eigenvalue weighted by molar-refractivity contribution is 5.87. The average molecular weight is 331 g/mol. The first-order valence-corrected chi connectivity index (χ1v) is 7.50. The molecule has 1 N–H and O–H groups in total. The molecular weight excluding hydrogens is 310 g/mol. The van der Waals surface area contributed by atoms with Gasteiger partial charge in [-0.25, -0.2) is 4.79 Å². The van der Waals surface area contributed by atoms with Crippen molar-refractivity contribution in [2.45, 2.75) is 13.0 Å². The van der Waals surface area contributed by atoms with Crippen LogP contribution in [-0.2, 0) is 4.74 Å². The molecule has 1 unspecified atom stereocenters. The van der Waals surface area contributed by atoms with Crippen molar-refractivity contribution in [3.8, 4) is 17.2 Å². The van der Waals surface area contributed by atoms with Crippen molar-refractivity contribution >= 4 is 11.8 Å². The van der Waals surface area contributed by atoms with Crippen LogP contribution in [0.5, 0.6) is 17.2 Å². The molecule has 2 aromatic carbocycles. The first-order valence-electron chi connectivity index (χ1n) is 7.50. The van der Waals surface area contributed by atoms with Crippen molar-refractivity contribution in [2.24, 2.45) is 0 Å². The molecule has 128 valence electrons. The van der Waals surface area contributed by atoms with E-state index in [1.165, 1.54) is 7.11 Å². The summed E-state index contributed by atoms with van der Waals surface area (Å²) >= 11 is 0. The number of para-hydroxylation sites is 1. The molecule has 1 amide bonds. The fraction of sp³-hybridized carbons (Fsp3) is 0.278. The van der Waals surface area contributed by atoms with Crippen LogP contribution in [0.3, 0.4) is 0 Å². The van der Waals surface area contributed by atoms with Crippen LogP contribution in [0.1, 0.15) is 6.92 Å². The molecule has 24 heavy (non-hydrogen) atoms. The number of carbonyl (C=O) groups excluding carboxylic acids is 1. The van der Waals surface area contributed by atoms with Crippen LogP contribution in [0.2, 0.25) is 0 Å². The van der Waals surface area contributed by atoms with E-state index in [0.29, 0.717) is 17.2 Å². The molecule has 2 rings (SSSR count). The summed E-state index contributed by atoms with van der Waals surface area (Å²) in [6, 6.07) is 14.4. The van der Waals surface area contributed by atoms with E-state index in [1.54, 1.807) is 25.3 Å². The Hall–Kier alpha value is -2.89. The Bertz CT molecular complexity index is 660. The first kappa shape index (κ1) is 17.5. The highest BCUT2D eigenvalue weighted by Crippen LogP contribution is 2.29. The van der Waals surface area contributed by atoms with Crippen LogP contribution in [0.25, 0.3) is 0 Å². The number of amides is 1. The van der Waals surface area contributed by atoms with Crippen molar-refractivity contribution in [3.05, 3.63) is 48.5 Å². The molecule has 1 atom stereocenters. The minimum absolute atomic E-state index is 0.124. The summed E-state index contributed by atoms with van der Waals surface area (Å²) in [5, 5.41) is 2.63. The van der Waals surface area contributed by atoms with Gasteiger partial charge in [0.15, 0.2) is 0 Å². The molecule has 6 heteroatoms. The number of nitrogens with one attached hydrogen (secondary N) is 1. The predicted octanol–water partition coefficient (Wildman–Crippen LogP) is 3.72. The minimum Gasteiger partial charge on any atom is -0.497 e. The lowest BCUT2D eigenvalue weighted by Gasteiger charge is -2.16. The molecule has 0 fully saturated rings. The van der Waals surface area contributed by atoms with Crippen molar-refractivity contribution in [2.75, 3.05) is 26.1 Å². The van der Waals surface area contributed by atoms with Crippen LogP contribution in [0.15, 0.2) is 48.5 Å². The van der Waals surface area contributed by atoms with E-state index in [9.17, 15) is 4.79 Å². The third kappa shape index (κ3) is 5.08. The van der Waals surface area contributed by atoms with E-state index in [2.05, 4.69) is 5.32 Å². The molecule has 0 bridgehead atoms. The SMILES string of the molecule is COc1ccc(NC(=O)OCC(C)Oc2ccccc2)c(OC)c1. The number of hydrogen-bond acceptors (Lipinski definition) is 5. The second kappa shape index (κ2) is 8.67. The normalized spacial score (nSPS) is 11.3. The number of carbonyl (C=O) groups is 1. The predicted molar refractivity (Wildman–Crippen MR) is 91.0 cm³/mol. The van der Waals surface area contributed by atoms with Gasteiger partial charge < -0.3 is 18.9 Å². The molecule has 0 aliphatic carbocycles. The standard InChI is InChI=1S/C18H21NO5/c1-13(24-14-7-5-4-6-8-14)12-23-18(20)19-16-10-9-15(21-2)11-17(16)22-3/h4-11,13H,12H2,1-3H3,(H,19,20). The van der Waals surface area contributed by atoms with Gasteiger partial charge in [0.2, 0.25) is 0 Å².